The Balaban J connectivity index is 1.25. The van der Waals surface area contributed by atoms with E-state index in [1.807, 2.05) is 29.2 Å². The minimum atomic E-state index is -0.335. The van der Waals surface area contributed by atoms with Crippen LogP contribution in [0.4, 0.5) is 4.39 Å². The summed E-state index contributed by atoms with van der Waals surface area (Å²) in [4.78, 5) is 20.2. The summed E-state index contributed by atoms with van der Waals surface area (Å²) < 4.78 is 15.1. The molecule has 0 bridgehead atoms. The summed E-state index contributed by atoms with van der Waals surface area (Å²) in [5.74, 6) is 0.340. The first-order valence-electron chi connectivity index (χ1n) is 9.80. The third-order valence-corrected chi connectivity index (χ3v) is 5.43. The maximum Gasteiger partial charge on any atom is 0.256 e. The summed E-state index contributed by atoms with van der Waals surface area (Å²) in [6, 6.07) is 14.0. The molecule has 1 aliphatic rings. The summed E-state index contributed by atoms with van der Waals surface area (Å²) in [6.45, 7) is 3.20. The molecular weight excluding hydrogens is 385 g/mol. The first kappa shape index (κ1) is 18.4. The van der Waals surface area contributed by atoms with E-state index in [1.165, 1.54) is 12.1 Å². The van der Waals surface area contributed by atoms with Gasteiger partial charge in [0.25, 0.3) is 5.91 Å². The molecule has 0 saturated carbocycles. The Morgan fingerprint density at radius 2 is 1.90 bits per heavy atom. The number of amides is 1. The molecule has 3 heterocycles. The van der Waals surface area contributed by atoms with Crippen molar-refractivity contribution >= 4 is 16.8 Å². The highest BCUT2D eigenvalue weighted by Crippen LogP contribution is 2.20. The van der Waals surface area contributed by atoms with Gasteiger partial charge in [0.2, 0.25) is 0 Å². The summed E-state index contributed by atoms with van der Waals surface area (Å²) in [7, 11) is 0. The molecular formula is C21H20FN7O. The highest BCUT2D eigenvalue weighted by atomic mass is 19.1. The SMILES string of the molecule is O=C(c1c[nH]c2ccccc12)N1CCN(Cc2nnnn2-c2cccc(F)c2)CC1. The van der Waals surface area contributed by atoms with Gasteiger partial charge in [0.05, 0.1) is 17.8 Å². The molecule has 0 radical (unpaired) electrons. The molecule has 0 aliphatic carbocycles. The van der Waals surface area contributed by atoms with Crippen molar-refractivity contribution in [2.75, 3.05) is 26.2 Å². The minimum absolute atomic E-state index is 0.0386. The average Bonchev–Trinajstić information content (AvgIpc) is 3.41. The van der Waals surface area contributed by atoms with E-state index in [0.717, 1.165) is 10.9 Å². The predicted octanol–water partition coefficient (Wildman–Crippen LogP) is 2.24. The Labute approximate surface area is 171 Å². The second-order valence-electron chi connectivity index (χ2n) is 7.30. The van der Waals surface area contributed by atoms with Crippen LogP contribution in [-0.2, 0) is 6.54 Å². The minimum Gasteiger partial charge on any atom is -0.360 e. The van der Waals surface area contributed by atoms with Crippen LogP contribution in [0.5, 0.6) is 0 Å². The van der Waals surface area contributed by atoms with E-state index in [2.05, 4.69) is 25.4 Å². The lowest BCUT2D eigenvalue weighted by atomic mass is 10.1. The summed E-state index contributed by atoms with van der Waals surface area (Å²) in [5, 5.41) is 12.8. The second-order valence-corrected chi connectivity index (χ2v) is 7.30. The fourth-order valence-corrected chi connectivity index (χ4v) is 3.84. The number of tetrazole rings is 1. The molecule has 1 saturated heterocycles. The number of aromatic amines is 1. The number of piperazine rings is 1. The Hall–Kier alpha value is -3.59. The number of carbonyl (C=O) groups excluding carboxylic acids is 1. The van der Waals surface area contributed by atoms with Gasteiger partial charge in [-0.25, -0.2) is 4.39 Å². The molecule has 0 unspecified atom stereocenters. The molecule has 2 aromatic carbocycles. The number of para-hydroxylation sites is 1. The third kappa shape index (κ3) is 3.43. The Bertz CT molecular complexity index is 1190. The van der Waals surface area contributed by atoms with Crippen LogP contribution >= 0.6 is 0 Å². The van der Waals surface area contributed by atoms with Crippen molar-refractivity contribution in [2.24, 2.45) is 0 Å². The van der Waals surface area contributed by atoms with Gasteiger partial charge in [0, 0.05) is 43.3 Å². The predicted molar refractivity (Wildman–Crippen MR) is 109 cm³/mol. The van der Waals surface area contributed by atoms with Crippen LogP contribution in [0.3, 0.4) is 0 Å². The number of nitrogens with one attached hydrogen (secondary N) is 1. The second kappa shape index (κ2) is 7.68. The van der Waals surface area contributed by atoms with Gasteiger partial charge >= 0.3 is 0 Å². The number of rotatable bonds is 4. The first-order valence-corrected chi connectivity index (χ1v) is 9.80. The molecule has 0 spiro atoms. The maximum atomic E-state index is 13.6. The van der Waals surface area contributed by atoms with Crippen molar-refractivity contribution in [1.82, 2.24) is 35.0 Å². The molecule has 2 aromatic heterocycles. The number of nitrogens with zero attached hydrogens (tertiary/aromatic N) is 6. The van der Waals surface area contributed by atoms with Gasteiger partial charge in [-0.2, -0.15) is 4.68 Å². The van der Waals surface area contributed by atoms with E-state index in [1.54, 1.807) is 23.0 Å². The van der Waals surface area contributed by atoms with Gasteiger partial charge in [0.15, 0.2) is 5.82 Å². The molecule has 1 N–H and O–H groups in total. The van der Waals surface area contributed by atoms with Crippen molar-refractivity contribution in [3.05, 3.63) is 71.9 Å². The number of benzene rings is 2. The number of hydrogen-bond acceptors (Lipinski definition) is 5. The average molecular weight is 405 g/mol. The normalized spacial score (nSPS) is 15.0. The molecule has 8 nitrogen and oxygen atoms in total. The van der Waals surface area contributed by atoms with E-state index < -0.39 is 0 Å². The van der Waals surface area contributed by atoms with E-state index >= 15 is 0 Å². The molecule has 1 aliphatic heterocycles. The number of hydrogen-bond donors (Lipinski definition) is 1. The van der Waals surface area contributed by atoms with Gasteiger partial charge in [-0.3, -0.25) is 9.69 Å². The van der Waals surface area contributed by atoms with E-state index in [4.69, 9.17) is 0 Å². The van der Waals surface area contributed by atoms with Gasteiger partial charge < -0.3 is 9.88 Å². The van der Waals surface area contributed by atoms with Gasteiger partial charge in [-0.15, -0.1) is 5.10 Å². The van der Waals surface area contributed by atoms with Crippen LogP contribution in [0.25, 0.3) is 16.6 Å². The monoisotopic (exact) mass is 405 g/mol. The van der Waals surface area contributed by atoms with Crippen molar-refractivity contribution < 1.29 is 9.18 Å². The molecule has 152 valence electrons. The Morgan fingerprint density at radius 3 is 2.73 bits per heavy atom. The van der Waals surface area contributed by atoms with E-state index in [0.29, 0.717) is 49.8 Å². The highest BCUT2D eigenvalue weighted by Gasteiger charge is 2.25. The molecule has 4 aromatic rings. The quantitative estimate of drug-likeness (QED) is 0.563. The van der Waals surface area contributed by atoms with E-state index in [9.17, 15) is 9.18 Å². The lowest BCUT2D eigenvalue weighted by Gasteiger charge is -2.34. The number of halogens is 1. The third-order valence-electron chi connectivity index (χ3n) is 5.43. The van der Waals surface area contributed by atoms with Crippen LogP contribution in [0.15, 0.2) is 54.7 Å². The molecule has 0 atom stereocenters. The molecule has 1 amide bonds. The number of aromatic nitrogens is 5. The summed E-state index contributed by atoms with van der Waals surface area (Å²) >= 11 is 0. The number of carbonyl (C=O) groups is 1. The topological polar surface area (TPSA) is 82.9 Å². The molecule has 30 heavy (non-hydrogen) atoms. The lowest BCUT2D eigenvalue weighted by Crippen LogP contribution is -2.48. The smallest absolute Gasteiger partial charge is 0.256 e. The van der Waals surface area contributed by atoms with Crippen molar-refractivity contribution in [2.45, 2.75) is 6.54 Å². The Morgan fingerprint density at radius 1 is 1.07 bits per heavy atom. The van der Waals surface area contributed by atoms with Gasteiger partial charge in [-0.1, -0.05) is 24.3 Å². The largest absolute Gasteiger partial charge is 0.360 e. The van der Waals surface area contributed by atoms with Gasteiger partial charge in [-0.05, 0) is 34.7 Å². The number of H-pyrrole nitrogens is 1. The number of fused-ring (bicyclic) bond motifs is 1. The zero-order valence-corrected chi connectivity index (χ0v) is 16.2. The zero-order chi connectivity index (χ0) is 20.5. The Kier molecular flexibility index (Phi) is 4.72. The fourth-order valence-electron chi connectivity index (χ4n) is 3.84. The lowest BCUT2D eigenvalue weighted by molar-refractivity contribution is 0.0626. The van der Waals surface area contributed by atoms with Crippen LogP contribution in [0.2, 0.25) is 0 Å². The van der Waals surface area contributed by atoms with Crippen LogP contribution < -0.4 is 0 Å². The standard InChI is InChI=1S/C21H20FN7O/c22-15-4-3-5-16(12-15)29-20(24-25-26-29)14-27-8-10-28(11-9-27)21(30)18-13-23-19-7-2-1-6-17(18)19/h1-7,12-13,23H,8-11,14H2. The van der Waals surface area contributed by atoms with Crippen LogP contribution in [0.1, 0.15) is 16.2 Å². The molecule has 1 fully saturated rings. The van der Waals surface area contributed by atoms with E-state index in [-0.39, 0.29) is 11.7 Å². The summed E-state index contributed by atoms with van der Waals surface area (Å²) in [6.07, 6.45) is 1.78. The van der Waals surface area contributed by atoms with Gasteiger partial charge in [0.1, 0.15) is 5.82 Å². The zero-order valence-electron chi connectivity index (χ0n) is 16.2. The van der Waals surface area contributed by atoms with Crippen LogP contribution in [0, 0.1) is 5.82 Å². The fraction of sp³-hybridized carbons (Fsp3) is 0.238. The highest BCUT2D eigenvalue weighted by molar-refractivity contribution is 6.06. The maximum absolute atomic E-state index is 13.6. The van der Waals surface area contributed by atoms with Crippen molar-refractivity contribution in [3.63, 3.8) is 0 Å². The summed E-state index contributed by atoms with van der Waals surface area (Å²) in [5.41, 5.74) is 2.25. The van der Waals surface area contributed by atoms with Crippen LogP contribution in [-0.4, -0.2) is 67.1 Å². The first-order chi connectivity index (χ1) is 14.7. The molecule has 9 heteroatoms. The van der Waals surface area contributed by atoms with Crippen molar-refractivity contribution in [3.8, 4) is 5.69 Å². The van der Waals surface area contributed by atoms with Crippen molar-refractivity contribution in [1.29, 1.82) is 0 Å². The molecule has 5 rings (SSSR count).